The van der Waals surface area contributed by atoms with E-state index >= 15 is 0 Å². The lowest BCUT2D eigenvalue weighted by atomic mass is 10.1. The first-order valence-corrected chi connectivity index (χ1v) is 11.8. The van der Waals surface area contributed by atoms with Gasteiger partial charge in [0, 0.05) is 11.8 Å². The highest BCUT2D eigenvalue weighted by molar-refractivity contribution is 7.89. The minimum absolute atomic E-state index is 0.0603. The van der Waals surface area contributed by atoms with Gasteiger partial charge in [-0.05, 0) is 54.7 Å². The molecule has 4 aromatic rings. The van der Waals surface area contributed by atoms with Gasteiger partial charge in [-0.25, -0.2) is 22.0 Å². The van der Waals surface area contributed by atoms with Crippen molar-refractivity contribution in [2.45, 2.75) is 17.9 Å². The number of nitrogen functional groups attached to an aromatic ring is 1. The number of carbonyl (C=O) groups is 1. The monoisotopic (exact) mass is 474 g/mol. The van der Waals surface area contributed by atoms with Gasteiger partial charge in [-0.2, -0.15) is 4.98 Å². The van der Waals surface area contributed by atoms with Crippen LogP contribution in [0.15, 0.2) is 52.9 Å². The summed E-state index contributed by atoms with van der Waals surface area (Å²) in [6.07, 6.45) is 1.60. The fourth-order valence-corrected chi connectivity index (χ4v) is 4.85. The second-order valence-corrected chi connectivity index (χ2v) is 9.75. The minimum Gasteiger partial charge on any atom is -0.366 e. The minimum atomic E-state index is -3.83. The number of rotatable bonds is 6. The highest BCUT2D eigenvalue weighted by Crippen LogP contribution is 2.29. The molecule has 4 rings (SSSR count). The average Bonchev–Trinajstić information content (AvgIpc) is 3.39. The summed E-state index contributed by atoms with van der Waals surface area (Å²) >= 11 is 1.21. The van der Waals surface area contributed by atoms with Crippen molar-refractivity contribution in [2.24, 2.45) is 0 Å². The summed E-state index contributed by atoms with van der Waals surface area (Å²) in [4.78, 5) is 17.0. The number of halogens is 1. The molecule has 0 spiro atoms. The van der Waals surface area contributed by atoms with Gasteiger partial charge in [0.25, 0.3) is 5.91 Å². The third-order valence-corrected chi connectivity index (χ3v) is 7.19. The molecular weight excluding hydrogens is 455 g/mol. The van der Waals surface area contributed by atoms with Crippen molar-refractivity contribution in [2.75, 3.05) is 12.8 Å². The SMILES string of the molecule is CNS(=O)(=O)c1cc(-c2csc(C(=O)N[C@@H](C)c3ccc(F)cc3)c2)cn2nc(N)nc12. The zero-order chi connectivity index (χ0) is 23.0. The Hall–Kier alpha value is -3.35. The van der Waals surface area contributed by atoms with Crippen molar-refractivity contribution in [3.63, 3.8) is 0 Å². The zero-order valence-corrected chi connectivity index (χ0v) is 18.7. The van der Waals surface area contributed by atoms with Crippen LogP contribution in [0.1, 0.15) is 28.2 Å². The molecule has 166 valence electrons. The van der Waals surface area contributed by atoms with Crippen LogP contribution < -0.4 is 15.8 Å². The van der Waals surface area contributed by atoms with Gasteiger partial charge in [0.15, 0.2) is 5.65 Å². The van der Waals surface area contributed by atoms with Crippen LogP contribution in [-0.4, -0.2) is 36.0 Å². The van der Waals surface area contributed by atoms with Gasteiger partial charge in [0.2, 0.25) is 16.0 Å². The molecule has 12 heteroatoms. The van der Waals surface area contributed by atoms with Crippen LogP contribution in [0.4, 0.5) is 10.3 Å². The lowest BCUT2D eigenvalue weighted by molar-refractivity contribution is 0.0944. The number of pyridine rings is 1. The van der Waals surface area contributed by atoms with Crippen molar-refractivity contribution in [1.29, 1.82) is 0 Å². The molecule has 9 nitrogen and oxygen atoms in total. The highest BCUT2D eigenvalue weighted by atomic mass is 32.2. The second-order valence-electron chi connectivity index (χ2n) is 6.99. The summed E-state index contributed by atoms with van der Waals surface area (Å²) in [6.45, 7) is 1.80. The lowest BCUT2D eigenvalue weighted by Crippen LogP contribution is -2.25. The largest absolute Gasteiger partial charge is 0.366 e. The zero-order valence-electron chi connectivity index (χ0n) is 17.0. The van der Waals surface area contributed by atoms with Gasteiger partial charge in [-0.15, -0.1) is 16.4 Å². The van der Waals surface area contributed by atoms with E-state index in [9.17, 15) is 17.6 Å². The van der Waals surface area contributed by atoms with Crippen LogP contribution >= 0.6 is 11.3 Å². The molecule has 1 aromatic carbocycles. The van der Waals surface area contributed by atoms with Crippen LogP contribution in [-0.2, 0) is 10.0 Å². The Morgan fingerprint density at radius 1 is 1.22 bits per heavy atom. The van der Waals surface area contributed by atoms with Crippen molar-refractivity contribution >= 4 is 38.9 Å². The smallest absolute Gasteiger partial charge is 0.261 e. The van der Waals surface area contributed by atoms with Crippen LogP contribution in [0, 0.1) is 5.82 Å². The molecule has 0 fully saturated rings. The molecule has 3 aromatic heterocycles. The summed E-state index contributed by atoms with van der Waals surface area (Å²) in [5.74, 6) is -0.706. The van der Waals surface area contributed by atoms with Crippen molar-refractivity contribution < 1.29 is 17.6 Å². The number of sulfonamides is 1. The number of aromatic nitrogens is 3. The predicted molar refractivity (Wildman–Crippen MR) is 119 cm³/mol. The lowest BCUT2D eigenvalue weighted by Gasteiger charge is -2.13. The Kier molecular flexibility index (Phi) is 5.67. The number of anilines is 1. The molecule has 1 atom stereocenters. The van der Waals surface area contributed by atoms with E-state index in [1.165, 1.54) is 41.1 Å². The first kappa shape index (κ1) is 21.9. The van der Waals surface area contributed by atoms with E-state index in [2.05, 4.69) is 20.1 Å². The first-order valence-electron chi connectivity index (χ1n) is 9.42. The molecular formula is C20H19FN6O3S2. The first-order chi connectivity index (χ1) is 15.2. The second kappa shape index (κ2) is 8.30. The summed E-state index contributed by atoms with van der Waals surface area (Å²) in [5, 5.41) is 8.64. The number of nitrogens with zero attached hydrogens (tertiary/aromatic N) is 3. The molecule has 0 aliphatic rings. The van der Waals surface area contributed by atoms with E-state index < -0.39 is 10.0 Å². The molecule has 0 aliphatic heterocycles. The van der Waals surface area contributed by atoms with Gasteiger partial charge in [0.1, 0.15) is 10.7 Å². The van der Waals surface area contributed by atoms with E-state index in [1.807, 2.05) is 0 Å². The number of hydrogen-bond acceptors (Lipinski definition) is 7. The van der Waals surface area contributed by atoms with E-state index in [0.29, 0.717) is 16.0 Å². The highest BCUT2D eigenvalue weighted by Gasteiger charge is 2.21. The maximum absolute atomic E-state index is 13.1. The number of hydrogen-bond donors (Lipinski definition) is 3. The number of nitrogens with two attached hydrogens (primary N) is 1. The Bertz CT molecular complexity index is 1410. The Morgan fingerprint density at radius 2 is 1.94 bits per heavy atom. The van der Waals surface area contributed by atoms with Crippen LogP contribution in [0.5, 0.6) is 0 Å². The Labute approximate surface area is 187 Å². The summed E-state index contributed by atoms with van der Waals surface area (Å²) in [5.41, 5.74) is 7.68. The standard InChI is InChI=1S/C20H19FN6O3S2/c1-11(12-3-5-15(21)6-4-12)24-19(28)16-7-14(10-31-16)13-8-17(32(29,30)23-2)18-25-20(22)26-27(18)9-13/h3-11,23H,1-2H3,(H2,22,26)(H,24,28)/t11-/m0/s1. The maximum atomic E-state index is 13.1. The molecule has 0 bridgehead atoms. The Morgan fingerprint density at radius 3 is 2.62 bits per heavy atom. The predicted octanol–water partition coefficient (Wildman–Crippen LogP) is 2.58. The summed E-state index contributed by atoms with van der Waals surface area (Å²) in [7, 11) is -2.53. The van der Waals surface area contributed by atoms with E-state index in [1.54, 1.807) is 36.7 Å². The molecule has 32 heavy (non-hydrogen) atoms. The molecule has 0 radical (unpaired) electrons. The van der Waals surface area contributed by atoms with E-state index in [0.717, 1.165) is 5.56 Å². The summed E-state index contributed by atoms with van der Waals surface area (Å²) in [6, 6.07) is 8.70. The van der Waals surface area contributed by atoms with Crippen molar-refractivity contribution in [3.8, 4) is 11.1 Å². The average molecular weight is 475 g/mol. The normalized spacial score (nSPS) is 12.7. The van der Waals surface area contributed by atoms with Gasteiger partial charge in [-0.1, -0.05) is 12.1 Å². The molecule has 0 saturated heterocycles. The Balaban J connectivity index is 1.64. The molecule has 3 heterocycles. The van der Waals surface area contributed by atoms with Crippen molar-refractivity contribution in [1.82, 2.24) is 24.6 Å². The van der Waals surface area contributed by atoms with Gasteiger partial charge in [0.05, 0.1) is 10.9 Å². The third kappa shape index (κ3) is 4.20. The van der Waals surface area contributed by atoms with Crippen LogP contribution in [0.25, 0.3) is 16.8 Å². The van der Waals surface area contributed by atoms with Gasteiger partial charge >= 0.3 is 0 Å². The molecule has 4 N–H and O–H groups in total. The number of carbonyl (C=O) groups excluding carboxylic acids is 1. The fourth-order valence-electron chi connectivity index (χ4n) is 3.15. The molecule has 0 aliphatic carbocycles. The maximum Gasteiger partial charge on any atom is 0.261 e. The van der Waals surface area contributed by atoms with Gasteiger partial charge in [-0.3, -0.25) is 4.79 Å². The molecule has 1 amide bonds. The topological polar surface area (TPSA) is 131 Å². The third-order valence-electron chi connectivity index (χ3n) is 4.85. The van der Waals surface area contributed by atoms with Crippen molar-refractivity contribution in [3.05, 3.63) is 64.2 Å². The number of amides is 1. The number of nitrogens with one attached hydrogen (secondary N) is 2. The van der Waals surface area contributed by atoms with Gasteiger partial charge < -0.3 is 11.1 Å². The number of benzene rings is 1. The molecule has 0 unspecified atom stereocenters. The van der Waals surface area contributed by atoms with Crippen LogP contribution in [0.3, 0.4) is 0 Å². The van der Waals surface area contributed by atoms with E-state index in [-0.39, 0.29) is 34.3 Å². The summed E-state index contributed by atoms with van der Waals surface area (Å²) < 4.78 is 41.6. The fraction of sp³-hybridized carbons (Fsp3) is 0.150. The molecule has 0 saturated carbocycles. The quantitative estimate of drug-likeness (QED) is 0.394. The van der Waals surface area contributed by atoms with Crippen LogP contribution in [0.2, 0.25) is 0 Å². The number of thiophene rings is 1. The van der Waals surface area contributed by atoms with E-state index in [4.69, 9.17) is 5.73 Å². The number of fused-ring (bicyclic) bond motifs is 1.